The molecule has 0 aliphatic carbocycles. The van der Waals surface area contributed by atoms with Gasteiger partial charge in [0.2, 0.25) is 5.91 Å². The smallest absolute Gasteiger partial charge is 0.237 e. The van der Waals surface area contributed by atoms with Gasteiger partial charge in [-0.05, 0) is 32.1 Å². The number of carbonyl (C=O) groups excluding carboxylic acids is 1. The van der Waals surface area contributed by atoms with Crippen LogP contribution in [0.2, 0.25) is 0 Å². The van der Waals surface area contributed by atoms with E-state index >= 15 is 0 Å². The highest BCUT2D eigenvalue weighted by Crippen LogP contribution is 2.20. The van der Waals surface area contributed by atoms with E-state index in [-0.39, 0.29) is 24.7 Å². The molecule has 1 amide bonds. The normalized spacial score (nSPS) is 27.8. The van der Waals surface area contributed by atoms with Crippen molar-refractivity contribution >= 4 is 5.91 Å². The average Bonchev–Trinajstić information content (AvgIpc) is 2.62. The van der Waals surface area contributed by atoms with Crippen molar-refractivity contribution in [2.45, 2.75) is 44.2 Å². The SMILES string of the molecule is O=C1NCCCCC1N1CCC(OCCO)CC1. The molecule has 0 radical (unpaired) electrons. The molecule has 2 rings (SSSR count). The molecule has 1 unspecified atom stereocenters. The highest BCUT2D eigenvalue weighted by Gasteiger charge is 2.30. The number of carbonyl (C=O) groups is 1. The van der Waals surface area contributed by atoms with Crippen molar-refractivity contribution in [2.24, 2.45) is 0 Å². The number of hydrogen-bond donors (Lipinski definition) is 2. The maximum atomic E-state index is 12.0. The molecule has 104 valence electrons. The first-order chi connectivity index (χ1) is 8.81. The number of nitrogens with zero attached hydrogens (tertiary/aromatic N) is 1. The van der Waals surface area contributed by atoms with Crippen LogP contribution in [-0.4, -0.2) is 60.9 Å². The van der Waals surface area contributed by atoms with Crippen molar-refractivity contribution in [3.8, 4) is 0 Å². The molecule has 0 saturated carbocycles. The van der Waals surface area contributed by atoms with Gasteiger partial charge in [-0.1, -0.05) is 0 Å². The Morgan fingerprint density at radius 1 is 1.28 bits per heavy atom. The van der Waals surface area contributed by atoms with E-state index in [0.717, 1.165) is 51.7 Å². The molecule has 2 N–H and O–H groups in total. The first kappa shape index (κ1) is 13.8. The topological polar surface area (TPSA) is 61.8 Å². The average molecular weight is 256 g/mol. The Hall–Kier alpha value is -0.650. The highest BCUT2D eigenvalue weighted by molar-refractivity contribution is 5.81. The van der Waals surface area contributed by atoms with Crippen LogP contribution in [0, 0.1) is 0 Å². The van der Waals surface area contributed by atoms with Gasteiger partial charge in [0.15, 0.2) is 0 Å². The van der Waals surface area contributed by atoms with Crippen LogP contribution in [-0.2, 0) is 9.53 Å². The predicted molar refractivity (Wildman–Crippen MR) is 68.3 cm³/mol. The summed E-state index contributed by atoms with van der Waals surface area (Å²) >= 11 is 0. The Bertz CT molecular complexity index is 265. The first-order valence-corrected chi connectivity index (χ1v) is 7.05. The Labute approximate surface area is 108 Å². The molecule has 0 aromatic heterocycles. The van der Waals surface area contributed by atoms with Crippen molar-refractivity contribution in [3.63, 3.8) is 0 Å². The van der Waals surface area contributed by atoms with E-state index in [1.165, 1.54) is 0 Å². The van der Waals surface area contributed by atoms with Gasteiger partial charge in [0.25, 0.3) is 0 Å². The molecule has 0 spiro atoms. The fourth-order valence-electron chi connectivity index (χ4n) is 2.85. The van der Waals surface area contributed by atoms with Crippen molar-refractivity contribution in [1.29, 1.82) is 0 Å². The summed E-state index contributed by atoms with van der Waals surface area (Å²) in [5.74, 6) is 0.197. The molecule has 2 fully saturated rings. The quantitative estimate of drug-likeness (QED) is 0.750. The summed E-state index contributed by atoms with van der Waals surface area (Å²) in [6.07, 6.45) is 5.38. The Balaban J connectivity index is 1.79. The second-order valence-corrected chi connectivity index (χ2v) is 5.13. The van der Waals surface area contributed by atoms with Gasteiger partial charge in [0, 0.05) is 19.6 Å². The lowest BCUT2D eigenvalue weighted by atomic mass is 10.0. The number of hydrogen-bond acceptors (Lipinski definition) is 4. The molecule has 5 nitrogen and oxygen atoms in total. The molecule has 0 aromatic rings. The lowest BCUT2D eigenvalue weighted by Gasteiger charge is -2.36. The zero-order valence-corrected chi connectivity index (χ0v) is 10.9. The third kappa shape index (κ3) is 3.67. The number of amides is 1. The summed E-state index contributed by atoms with van der Waals surface area (Å²) in [5.41, 5.74) is 0. The second-order valence-electron chi connectivity index (χ2n) is 5.13. The maximum absolute atomic E-state index is 12.0. The summed E-state index contributed by atoms with van der Waals surface area (Å²) in [5, 5.41) is 11.7. The number of aliphatic hydroxyl groups excluding tert-OH is 1. The fourth-order valence-corrected chi connectivity index (χ4v) is 2.85. The molecular weight excluding hydrogens is 232 g/mol. The number of nitrogens with one attached hydrogen (secondary N) is 1. The lowest BCUT2D eigenvalue weighted by Crippen LogP contribution is -2.50. The Kier molecular flexibility index (Phi) is 5.41. The Morgan fingerprint density at radius 2 is 2.06 bits per heavy atom. The summed E-state index contributed by atoms with van der Waals surface area (Å²) in [6, 6.07) is 0.0614. The molecule has 1 atom stereocenters. The predicted octanol–water partition coefficient (Wildman–Crippen LogP) is 0.128. The minimum Gasteiger partial charge on any atom is -0.394 e. The molecule has 0 bridgehead atoms. The van der Waals surface area contributed by atoms with E-state index in [4.69, 9.17) is 9.84 Å². The van der Waals surface area contributed by atoms with Gasteiger partial charge in [-0.2, -0.15) is 0 Å². The number of ether oxygens (including phenoxy) is 1. The van der Waals surface area contributed by atoms with Crippen molar-refractivity contribution in [3.05, 3.63) is 0 Å². The molecule has 2 aliphatic rings. The molecule has 2 heterocycles. The van der Waals surface area contributed by atoms with Crippen LogP contribution in [0.1, 0.15) is 32.1 Å². The first-order valence-electron chi connectivity index (χ1n) is 7.05. The Morgan fingerprint density at radius 3 is 2.78 bits per heavy atom. The molecule has 2 aliphatic heterocycles. The standard InChI is InChI=1S/C13H24N2O3/c16-9-10-18-11-4-7-15(8-5-11)12-3-1-2-6-14-13(12)17/h11-12,16H,1-10H2,(H,14,17). The summed E-state index contributed by atoms with van der Waals surface area (Å²) in [7, 11) is 0. The zero-order valence-electron chi connectivity index (χ0n) is 10.9. The van der Waals surface area contributed by atoms with Crippen LogP contribution < -0.4 is 5.32 Å². The van der Waals surface area contributed by atoms with E-state index in [2.05, 4.69) is 10.2 Å². The van der Waals surface area contributed by atoms with Crippen LogP contribution in [0.15, 0.2) is 0 Å². The van der Waals surface area contributed by atoms with Gasteiger partial charge in [-0.25, -0.2) is 0 Å². The largest absolute Gasteiger partial charge is 0.394 e. The third-order valence-corrected chi connectivity index (χ3v) is 3.87. The molecule has 5 heteroatoms. The van der Waals surface area contributed by atoms with Crippen LogP contribution in [0.5, 0.6) is 0 Å². The van der Waals surface area contributed by atoms with E-state index < -0.39 is 0 Å². The summed E-state index contributed by atoms with van der Waals surface area (Å²) in [6.45, 7) is 3.19. The molecular formula is C13H24N2O3. The summed E-state index contributed by atoms with van der Waals surface area (Å²) < 4.78 is 5.54. The van der Waals surface area contributed by atoms with Crippen LogP contribution >= 0.6 is 0 Å². The van der Waals surface area contributed by atoms with Crippen LogP contribution in [0.4, 0.5) is 0 Å². The van der Waals surface area contributed by atoms with E-state index in [9.17, 15) is 4.79 Å². The monoisotopic (exact) mass is 256 g/mol. The van der Waals surface area contributed by atoms with E-state index in [1.807, 2.05) is 0 Å². The maximum Gasteiger partial charge on any atom is 0.237 e. The van der Waals surface area contributed by atoms with Crippen molar-refractivity contribution < 1.29 is 14.6 Å². The molecule has 0 aromatic carbocycles. The summed E-state index contributed by atoms with van der Waals surface area (Å²) in [4.78, 5) is 14.2. The van der Waals surface area contributed by atoms with Gasteiger partial charge in [-0.15, -0.1) is 0 Å². The van der Waals surface area contributed by atoms with Crippen molar-refractivity contribution in [1.82, 2.24) is 10.2 Å². The fraction of sp³-hybridized carbons (Fsp3) is 0.923. The van der Waals surface area contributed by atoms with Crippen LogP contribution in [0.25, 0.3) is 0 Å². The van der Waals surface area contributed by atoms with Gasteiger partial charge in [-0.3, -0.25) is 9.69 Å². The highest BCUT2D eigenvalue weighted by atomic mass is 16.5. The third-order valence-electron chi connectivity index (χ3n) is 3.87. The van der Waals surface area contributed by atoms with Gasteiger partial charge in [0.05, 0.1) is 25.4 Å². The van der Waals surface area contributed by atoms with Gasteiger partial charge < -0.3 is 15.2 Å². The lowest BCUT2D eigenvalue weighted by molar-refractivity contribution is -0.127. The second kappa shape index (κ2) is 7.07. The minimum atomic E-state index is 0.0614. The van der Waals surface area contributed by atoms with Gasteiger partial charge in [0.1, 0.15) is 0 Å². The number of rotatable bonds is 4. The van der Waals surface area contributed by atoms with E-state index in [0.29, 0.717) is 6.61 Å². The van der Waals surface area contributed by atoms with E-state index in [1.54, 1.807) is 0 Å². The minimum absolute atomic E-state index is 0.0614. The molecule has 2 saturated heterocycles. The number of aliphatic hydroxyl groups is 1. The van der Waals surface area contributed by atoms with Crippen molar-refractivity contribution in [2.75, 3.05) is 32.8 Å². The van der Waals surface area contributed by atoms with Gasteiger partial charge >= 0.3 is 0 Å². The van der Waals surface area contributed by atoms with Crippen LogP contribution in [0.3, 0.4) is 0 Å². The number of piperidine rings is 1. The molecule has 18 heavy (non-hydrogen) atoms. The zero-order chi connectivity index (χ0) is 12.8. The number of likely N-dealkylation sites (tertiary alicyclic amines) is 1.